The van der Waals surface area contributed by atoms with E-state index in [4.69, 9.17) is 0 Å². The zero-order valence-electron chi connectivity index (χ0n) is 13.1. The molecule has 2 heterocycles. The molecule has 116 valence electrons. The molecule has 1 atom stereocenters. The largest absolute Gasteiger partial charge is 0.335 e. The Morgan fingerprint density at radius 2 is 2.04 bits per heavy atom. The highest BCUT2D eigenvalue weighted by Crippen LogP contribution is 2.34. The molecule has 2 aromatic heterocycles. The summed E-state index contributed by atoms with van der Waals surface area (Å²) in [5.74, 6) is 0.0351. The van der Waals surface area contributed by atoms with Gasteiger partial charge in [0.05, 0.1) is 23.3 Å². The molecule has 1 amide bonds. The van der Waals surface area contributed by atoms with Crippen molar-refractivity contribution >= 4 is 11.4 Å². The Kier molecular flexibility index (Phi) is 3.37. The summed E-state index contributed by atoms with van der Waals surface area (Å²) in [6.45, 7) is 0. The van der Waals surface area contributed by atoms with Crippen LogP contribution < -0.4 is 0 Å². The number of hydrogen-bond acceptors (Lipinski definition) is 2. The SMILES string of the molecule is CN(C(=O)c1cnn2ccccc12)C1CCCc2ccccc21. The van der Waals surface area contributed by atoms with Crippen LogP contribution in [0.3, 0.4) is 0 Å². The number of aryl methyl sites for hydroxylation is 1. The summed E-state index contributed by atoms with van der Waals surface area (Å²) in [5, 5.41) is 4.28. The molecule has 0 fully saturated rings. The van der Waals surface area contributed by atoms with E-state index in [1.165, 1.54) is 11.1 Å². The van der Waals surface area contributed by atoms with Gasteiger partial charge in [0.25, 0.3) is 5.91 Å². The van der Waals surface area contributed by atoms with Gasteiger partial charge in [-0.1, -0.05) is 30.3 Å². The van der Waals surface area contributed by atoms with E-state index in [2.05, 4.69) is 29.4 Å². The van der Waals surface area contributed by atoms with Gasteiger partial charge < -0.3 is 4.90 Å². The highest BCUT2D eigenvalue weighted by atomic mass is 16.2. The van der Waals surface area contributed by atoms with E-state index >= 15 is 0 Å². The number of hydrogen-bond donors (Lipinski definition) is 0. The second-order valence-corrected chi connectivity index (χ2v) is 6.11. The van der Waals surface area contributed by atoms with Crippen molar-refractivity contribution in [3.63, 3.8) is 0 Å². The number of amides is 1. The van der Waals surface area contributed by atoms with Crippen molar-refractivity contribution < 1.29 is 4.79 Å². The van der Waals surface area contributed by atoms with E-state index in [0.717, 1.165) is 24.8 Å². The first-order valence-corrected chi connectivity index (χ1v) is 8.03. The van der Waals surface area contributed by atoms with Crippen LogP contribution in [0.1, 0.15) is 40.4 Å². The zero-order valence-corrected chi connectivity index (χ0v) is 13.1. The molecule has 4 nitrogen and oxygen atoms in total. The summed E-state index contributed by atoms with van der Waals surface area (Å²) in [6.07, 6.45) is 6.77. The van der Waals surface area contributed by atoms with Crippen LogP contribution >= 0.6 is 0 Å². The third-order valence-corrected chi connectivity index (χ3v) is 4.78. The van der Waals surface area contributed by atoms with Gasteiger partial charge in [0.15, 0.2) is 0 Å². The molecule has 23 heavy (non-hydrogen) atoms. The fourth-order valence-electron chi connectivity index (χ4n) is 3.56. The number of carbonyl (C=O) groups is 1. The molecule has 1 aromatic carbocycles. The predicted octanol–water partition coefficient (Wildman–Crippen LogP) is 3.48. The standard InChI is InChI=1S/C19H19N3O/c1-21(17-11-6-8-14-7-2-3-9-15(14)17)19(23)16-13-20-22-12-5-4-10-18(16)22/h2-5,7,9-10,12-13,17H,6,8,11H2,1H3. The van der Waals surface area contributed by atoms with Gasteiger partial charge >= 0.3 is 0 Å². The maximum Gasteiger partial charge on any atom is 0.257 e. The van der Waals surface area contributed by atoms with Crippen LogP contribution in [0.4, 0.5) is 0 Å². The molecule has 0 saturated heterocycles. The zero-order chi connectivity index (χ0) is 15.8. The van der Waals surface area contributed by atoms with Crippen LogP contribution in [0.15, 0.2) is 54.9 Å². The molecule has 3 aromatic rings. The number of benzene rings is 1. The number of carbonyl (C=O) groups excluding carboxylic acids is 1. The Labute approximate surface area is 135 Å². The van der Waals surface area contributed by atoms with Gasteiger partial charge in [0.2, 0.25) is 0 Å². The van der Waals surface area contributed by atoms with Crippen molar-refractivity contribution in [1.82, 2.24) is 14.5 Å². The van der Waals surface area contributed by atoms with Gasteiger partial charge in [-0.3, -0.25) is 4.79 Å². The van der Waals surface area contributed by atoms with Gasteiger partial charge in [-0.25, -0.2) is 4.52 Å². The van der Waals surface area contributed by atoms with Crippen LogP contribution in [0.2, 0.25) is 0 Å². The fourth-order valence-corrected chi connectivity index (χ4v) is 3.56. The summed E-state index contributed by atoms with van der Waals surface area (Å²) >= 11 is 0. The molecule has 4 heteroatoms. The van der Waals surface area contributed by atoms with Crippen LogP contribution in [-0.4, -0.2) is 27.5 Å². The average molecular weight is 305 g/mol. The number of pyridine rings is 1. The van der Waals surface area contributed by atoms with E-state index < -0.39 is 0 Å². The third kappa shape index (κ3) is 2.31. The topological polar surface area (TPSA) is 37.6 Å². The molecular formula is C19H19N3O. The van der Waals surface area contributed by atoms with Crippen molar-refractivity contribution in [1.29, 1.82) is 0 Å². The first kappa shape index (κ1) is 14.0. The number of nitrogens with zero attached hydrogens (tertiary/aromatic N) is 3. The molecule has 0 N–H and O–H groups in total. The van der Waals surface area contributed by atoms with Gasteiger partial charge in [0.1, 0.15) is 0 Å². The Hall–Kier alpha value is -2.62. The van der Waals surface area contributed by atoms with E-state index in [9.17, 15) is 4.79 Å². The molecule has 0 spiro atoms. The molecule has 1 aliphatic rings. The highest BCUT2D eigenvalue weighted by molar-refractivity contribution is 6.00. The van der Waals surface area contributed by atoms with Gasteiger partial charge in [-0.05, 0) is 42.5 Å². The summed E-state index contributed by atoms with van der Waals surface area (Å²) in [5.41, 5.74) is 4.17. The molecule has 0 aliphatic heterocycles. The second kappa shape index (κ2) is 5.54. The summed E-state index contributed by atoms with van der Waals surface area (Å²) in [7, 11) is 1.90. The first-order chi connectivity index (χ1) is 11.3. The van der Waals surface area contributed by atoms with Crippen LogP contribution in [0, 0.1) is 0 Å². The molecule has 4 rings (SSSR count). The maximum absolute atomic E-state index is 13.0. The smallest absolute Gasteiger partial charge is 0.257 e. The monoisotopic (exact) mass is 305 g/mol. The minimum absolute atomic E-state index is 0.0351. The quantitative estimate of drug-likeness (QED) is 0.727. The maximum atomic E-state index is 13.0. The fraction of sp³-hybridized carbons (Fsp3) is 0.263. The van der Waals surface area contributed by atoms with Crippen molar-refractivity contribution in [3.8, 4) is 0 Å². The lowest BCUT2D eigenvalue weighted by atomic mass is 9.87. The lowest BCUT2D eigenvalue weighted by Crippen LogP contribution is -2.33. The molecule has 0 bridgehead atoms. The molecule has 1 unspecified atom stereocenters. The van der Waals surface area contributed by atoms with E-state index in [1.807, 2.05) is 36.3 Å². The number of aromatic nitrogens is 2. The molecule has 1 aliphatic carbocycles. The Balaban J connectivity index is 1.70. The average Bonchev–Trinajstić information content (AvgIpc) is 3.04. The lowest BCUT2D eigenvalue weighted by molar-refractivity contribution is 0.0717. The Morgan fingerprint density at radius 3 is 2.96 bits per heavy atom. The van der Waals surface area contributed by atoms with Gasteiger partial charge in [0, 0.05) is 13.2 Å². The van der Waals surface area contributed by atoms with Crippen molar-refractivity contribution in [2.45, 2.75) is 25.3 Å². The number of fused-ring (bicyclic) bond motifs is 2. The van der Waals surface area contributed by atoms with E-state index in [1.54, 1.807) is 10.7 Å². The Bertz CT molecular complexity index is 868. The normalized spacial score (nSPS) is 17.0. The molecule has 0 radical (unpaired) electrons. The first-order valence-electron chi connectivity index (χ1n) is 8.03. The van der Waals surface area contributed by atoms with Crippen molar-refractivity contribution in [2.75, 3.05) is 7.05 Å². The van der Waals surface area contributed by atoms with Gasteiger partial charge in [-0.15, -0.1) is 0 Å². The van der Waals surface area contributed by atoms with Crippen molar-refractivity contribution in [2.24, 2.45) is 0 Å². The predicted molar refractivity (Wildman–Crippen MR) is 89.4 cm³/mol. The van der Waals surface area contributed by atoms with E-state index in [0.29, 0.717) is 5.56 Å². The second-order valence-electron chi connectivity index (χ2n) is 6.11. The van der Waals surface area contributed by atoms with Crippen LogP contribution in [0.5, 0.6) is 0 Å². The molecule has 0 saturated carbocycles. The van der Waals surface area contributed by atoms with Crippen LogP contribution in [-0.2, 0) is 6.42 Å². The van der Waals surface area contributed by atoms with Crippen molar-refractivity contribution in [3.05, 3.63) is 71.5 Å². The van der Waals surface area contributed by atoms with Crippen LogP contribution in [0.25, 0.3) is 5.52 Å². The minimum Gasteiger partial charge on any atom is -0.335 e. The summed E-state index contributed by atoms with van der Waals surface area (Å²) < 4.78 is 1.75. The van der Waals surface area contributed by atoms with E-state index in [-0.39, 0.29) is 11.9 Å². The number of rotatable bonds is 2. The minimum atomic E-state index is 0.0351. The third-order valence-electron chi connectivity index (χ3n) is 4.78. The summed E-state index contributed by atoms with van der Waals surface area (Å²) in [4.78, 5) is 14.9. The Morgan fingerprint density at radius 1 is 1.22 bits per heavy atom. The highest BCUT2D eigenvalue weighted by Gasteiger charge is 2.28. The lowest BCUT2D eigenvalue weighted by Gasteiger charge is -2.33. The van der Waals surface area contributed by atoms with Gasteiger partial charge in [-0.2, -0.15) is 5.10 Å². The molecular weight excluding hydrogens is 286 g/mol. The summed E-state index contributed by atoms with van der Waals surface area (Å²) in [6, 6.07) is 14.4.